The summed E-state index contributed by atoms with van der Waals surface area (Å²) < 4.78 is 5.26. The third-order valence-corrected chi connectivity index (χ3v) is 2.52. The van der Waals surface area contributed by atoms with Crippen LogP contribution in [0.25, 0.3) is 0 Å². The number of methoxy groups -OCH3 is 1. The van der Waals surface area contributed by atoms with Crippen molar-refractivity contribution in [3.63, 3.8) is 0 Å². The standard InChI is InChI=1S/C10H15BN2O.CH4/c1-10(6-13-2)8(12)5-4-7(11)9(10)14-3;/h4-5,12-13H,6H2,1-3H3;1H4. The predicted octanol–water partition coefficient (Wildman–Crippen LogP) is 1.46. The lowest BCUT2D eigenvalue weighted by molar-refractivity contribution is 0.219. The minimum atomic E-state index is -0.456. The first-order valence-electron chi connectivity index (χ1n) is 4.52. The van der Waals surface area contributed by atoms with Gasteiger partial charge in [-0.05, 0) is 20.0 Å². The van der Waals surface area contributed by atoms with Crippen LogP contribution in [-0.2, 0) is 4.74 Å². The summed E-state index contributed by atoms with van der Waals surface area (Å²) in [5, 5.41) is 10.9. The zero-order valence-electron chi connectivity index (χ0n) is 8.85. The first-order valence-corrected chi connectivity index (χ1v) is 4.52. The summed E-state index contributed by atoms with van der Waals surface area (Å²) in [7, 11) is 9.23. The molecule has 0 amide bonds. The molecule has 0 saturated carbocycles. The molecule has 3 nitrogen and oxygen atoms in total. The summed E-state index contributed by atoms with van der Waals surface area (Å²) >= 11 is 0. The van der Waals surface area contributed by atoms with Crippen LogP contribution in [-0.4, -0.2) is 34.3 Å². The average molecular weight is 206 g/mol. The Kier molecular flexibility index (Phi) is 4.81. The fraction of sp³-hybridized carbons (Fsp3) is 0.545. The van der Waals surface area contributed by atoms with Crippen molar-refractivity contribution in [2.24, 2.45) is 5.41 Å². The summed E-state index contributed by atoms with van der Waals surface area (Å²) in [6, 6.07) is 0. The number of nitrogens with one attached hydrogen (secondary N) is 2. The molecule has 0 bridgehead atoms. The molecule has 1 unspecified atom stereocenters. The molecule has 0 aromatic rings. The van der Waals surface area contributed by atoms with Crippen LogP contribution in [0.3, 0.4) is 0 Å². The summed E-state index contributed by atoms with van der Waals surface area (Å²) in [5.41, 5.74) is 0.654. The molecule has 0 spiro atoms. The summed E-state index contributed by atoms with van der Waals surface area (Å²) in [4.78, 5) is 0. The molecule has 4 heteroatoms. The first-order chi connectivity index (χ1) is 6.56. The van der Waals surface area contributed by atoms with Gasteiger partial charge in [-0.1, -0.05) is 19.0 Å². The topological polar surface area (TPSA) is 45.1 Å². The highest BCUT2D eigenvalue weighted by atomic mass is 16.5. The van der Waals surface area contributed by atoms with Crippen LogP contribution in [0.2, 0.25) is 0 Å². The van der Waals surface area contributed by atoms with E-state index in [2.05, 4.69) is 5.32 Å². The van der Waals surface area contributed by atoms with Gasteiger partial charge in [-0.15, -0.1) is 0 Å². The second kappa shape index (κ2) is 5.17. The van der Waals surface area contributed by atoms with E-state index in [1.165, 1.54) is 0 Å². The van der Waals surface area contributed by atoms with Crippen LogP contribution in [0, 0.1) is 10.8 Å². The smallest absolute Gasteiger partial charge is 0.118 e. The largest absolute Gasteiger partial charge is 0.501 e. The van der Waals surface area contributed by atoms with Gasteiger partial charge in [-0.25, -0.2) is 0 Å². The van der Waals surface area contributed by atoms with Gasteiger partial charge in [-0.2, -0.15) is 0 Å². The van der Waals surface area contributed by atoms with Crippen LogP contribution < -0.4 is 5.32 Å². The summed E-state index contributed by atoms with van der Waals surface area (Å²) in [6.07, 6.45) is 3.42. The Labute approximate surface area is 93.5 Å². The van der Waals surface area contributed by atoms with Crippen LogP contribution >= 0.6 is 0 Å². The Balaban J connectivity index is 0.00000196. The van der Waals surface area contributed by atoms with E-state index in [4.69, 9.17) is 18.0 Å². The Hall–Kier alpha value is -1.03. The van der Waals surface area contributed by atoms with Crippen LogP contribution in [0.4, 0.5) is 0 Å². The lowest BCUT2D eigenvalue weighted by Gasteiger charge is -2.34. The molecule has 0 aromatic heterocycles. The molecule has 1 atom stereocenters. The van der Waals surface area contributed by atoms with E-state index in [-0.39, 0.29) is 7.43 Å². The minimum absolute atomic E-state index is 0. The SMILES string of the molecule is C.[B]C1=C(OC)C(C)(CNC)C(=N)C=C1. The molecule has 0 saturated heterocycles. The zero-order chi connectivity index (χ0) is 10.8. The van der Waals surface area contributed by atoms with Gasteiger partial charge in [0.2, 0.25) is 0 Å². The van der Waals surface area contributed by atoms with E-state index in [1.807, 2.05) is 14.0 Å². The van der Waals surface area contributed by atoms with Gasteiger partial charge < -0.3 is 15.5 Å². The minimum Gasteiger partial charge on any atom is -0.501 e. The normalized spacial score (nSPS) is 25.1. The Morgan fingerprint density at radius 1 is 1.53 bits per heavy atom. The van der Waals surface area contributed by atoms with Crippen molar-refractivity contribution in [3.05, 3.63) is 23.4 Å². The first kappa shape index (κ1) is 14.0. The van der Waals surface area contributed by atoms with Gasteiger partial charge in [0.15, 0.2) is 0 Å². The monoisotopic (exact) mass is 206 g/mol. The van der Waals surface area contributed by atoms with Crippen molar-refractivity contribution in [3.8, 4) is 0 Å². The summed E-state index contributed by atoms with van der Waals surface area (Å²) in [5.74, 6) is 0.666. The van der Waals surface area contributed by atoms with Crippen LogP contribution in [0.5, 0.6) is 0 Å². The van der Waals surface area contributed by atoms with Gasteiger partial charge in [0.1, 0.15) is 13.6 Å². The molecule has 2 N–H and O–H groups in total. The van der Waals surface area contributed by atoms with Gasteiger partial charge >= 0.3 is 0 Å². The Bertz CT molecular complexity index is 310. The number of allylic oxidation sites excluding steroid dienone is 3. The fourth-order valence-electron chi connectivity index (χ4n) is 1.75. The van der Waals surface area contributed by atoms with E-state index < -0.39 is 5.41 Å². The molecule has 0 heterocycles. The number of rotatable bonds is 3. The van der Waals surface area contributed by atoms with Crippen LogP contribution in [0.15, 0.2) is 23.4 Å². The van der Waals surface area contributed by atoms with Crippen molar-refractivity contribution in [1.29, 1.82) is 5.41 Å². The van der Waals surface area contributed by atoms with E-state index in [0.29, 0.717) is 23.5 Å². The highest BCUT2D eigenvalue weighted by Crippen LogP contribution is 2.33. The molecule has 0 aliphatic heterocycles. The molecule has 1 aliphatic rings. The lowest BCUT2D eigenvalue weighted by atomic mass is 9.73. The van der Waals surface area contributed by atoms with Crippen molar-refractivity contribution in [2.45, 2.75) is 14.4 Å². The predicted molar refractivity (Wildman–Crippen MR) is 65.4 cm³/mol. The van der Waals surface area contributed by atoms with Crippen molar-refractivity contribution in [1.82, 2.24) is 5.32 Å². The second-order valence-electron chi connectivity index (χ2n) is 3.60. The lowest BCUT2D eigenvalue weighted by Crippen LogP contribution is -2.40. The molecular weight excluding hydrogens is 187 g/mol. The van der Waals surface area contributed by atoms with E-state index in [1.54, 1.807) is 19.3 Å². The zero-order valence-corrected chi connectivity index (χ0v) is 8.85. The van der Waals surface area contributed by atoms with E-state index in [0.717, 1.165) is 0 Å². The van der Waals surface area contributed by atoms with Crippen molar-refractivity contribution < 1.29 is 4.74 Å². The number of hydrogen-bond acceptors (Lipinski definition) is 3. The van der Waals surface area contributed by atoms with Gasteiger partial charge in [0, 0.05) is 12.3 Å². The Morgan fingerprint density at radius 3 is 2.60 bits per heavy atom. The maximum absolute atomic E-state index is 7.87. The molecule has 1 rings (SSSR count). The fourth-order valence-corrected chi connectivity index (χ4v) is 1.75. The maximum atomic E-state index is 7.87. The molecule has 2 radical (unpaired) electrons. The van der Waals surface area contributed by atoms with E-state index >= 15 is 0 Å². The maximum Gasteiger partial charge on any atom is 0.118 e. The van der Waals surface area contributed by atoms with Crippen LogP contribution in [0.1, 0.15) is 14.4 Å². The Morgan fingerprint density at radius 2 is 2.13 bits per heavy atom. The highest BCUT2D eigenvalue weighted by Gasteiger charge is 2.36. The molecule has 82 valence electrons. The third kappa shape index (κ3) is 2.32. The molecular formula is C11H19BN2O. The van der Waals surface area contributed by atoms with Crippen molar-refractivity contribution in [2.75, 3.05) is 20.7 Å². The second-order valence-corrected chi connectivity index (χ2v) is 3.60. The highest BCUT2D eigenvalue weighted by molar-refractivity contribution is 6.25. The van der Waals surface area contributed by atoms with Crippen molar-refractivity contribution >= 4 is 13.6 Å². The van der Waals surface area contributed by atoms with Gasteiger partial charge in [0.05, 0.1) is 12.5 Å². The number of ether oxygens (including phenoxy) is 1. The van der Waals surface area contributed by atoms with Gasteiger partial charge in [0.25, 0.3) is 0 Å². The molecule has 15 heavy (non-hydrogen) atoms. The molecule has 0 aromatic carbocycles. The quantitative estimate of drug-likeness (QED) is 0.686. The van der Waals surface area contributed by atoms with Gasteiger partial charge in [-0.3, -0.25) is 0 Å². The average Bonchev–Trinajstić information content (AvgIpc) is 2.13. The molecule has 1 aliphatic carbocycles. The van der Waals surface area contributed by atoms with E-state index in [9.17, 15) is 0 Å². The summed E-state index contributed by atoms with van der Waals surface area (Å²) in [6.45, 7) is 2.58. The number of hydrogen-bond donors (Lipinski definition) is 2. The third-order valence-electron chi connectivity index (χ3n) is 2.52. The molecule has 0 fully saturated rings.